The van der Waals surface area contributed by atoms with Gasteiger partial charge in [-0.15, -0.1) is 0 Å². The van der Waals surface area contributed by atoms with E-state index in [1.165, 1.54) is 6.33 Å². The molecule has 1 fully saturated rings. The van der Waals surface area contributed by atoms with E-state index >= 15 is 0 Å². The summed E-state index contributed by atoms with van der Waals surface area (Å²) in [6.45, 7) is 5.10. The van der Waals surface area contributed by atoms with Crippen molar-refractivity contribution in [3.05, 3.63) is 18.1 Å². The van der Waals surface area contributed by atoms with Gasteiger partial charge in [-0.3, -0.25) is 4.79 Å². The molecule has 2 aromatic heterocycles. The SMILES string of the molecule is CCc1cc(N2CCN(C(=O)COC)CC2)n2ncnc2n1. The van der Waals surface area contributed by atoms with Crippen LogP contribution < -0.4 is 4.90 Å². The van der Waals surface area contributed by atoms with Gasteiger partial charge in [0.25, 0.3) is 5.78 Å². The van der Waals surface area contributed by atoms with Crippen molar-refractivity contribution in [1.82, 2.24) is 24.5 Å². The first-order chi connectivity index (χ1) is 10.7. The third kappa shape index (κ3) is 2.74. The average molecular weight is 304 g/mol. The molecule has 0 aliphatic carbocycles. The number of piperazine rings is 1. The van der Waals surface area contributed by atoms with E-state index in [-0.39, 0.29) is 12.5 Å². The monoisotopic (exact) mass is 304 g/mol. The molecule has 0 bridgehead atoms. The van der Waals surface area contributed by atoms with Crippen molar-refractivity contribution in [3.63, 3.8) is 0 Å². The quantitative estimate of drug-likeness (QED) is 0.790. The van der Waals surface area contributed by atoms with Gasteiger partial charge in [0.1, 0.15) is 18.8 Å². The molecule has 118 valence electrons. The van der Waals surface area contributed by atoms with E-state index in [1.54, 1.807) is 11.6 Å². The highest BCUT2D eigenvalue weighted by molar-refractivity contribution is 5.77. The van der Waals surface area contributed by atoms with Crippen molar-refractivity contribution < 1.29 is 9.53 Å². The maximum absolute atomic E-state index is 11.9. The summed E-state index contributed by atoms with van der Waals surface area (Å²) in [6, 6.07) is 2.05. The number of rotatable bonds is 4. The number of carbonyl (C=O) groups excluding carboxylic acids is 1. The van der Waals surface area contributed by atoms with Crippen LogP contribution in [0, 0.1) is 0 Å². The van der Waals surface area contributed by atoms with Crippen LogP contribution in [-0.2, 0) is 16.0 Å². The third-order valence-electron chi connectivity index (χ3n) is 3.87. The summed E-state index contributed by atoms with van der Waals surface area (Å²) in [4.78, 5) is 24.6. The smallest absolute Gasteiger partial charge is 0.254 e. The zero-order chi connectivity index (χ0) is 15.5. The zero-order valence-electron chi connectivity index (χ0n) is 12.9. The van der Waals surface area contributed by atoms with Crippen LogP contribution in [0.4, 0.5) is 5.82 Å². The first-order valence-corrected chi connectivity index (χ1v) is 7.44. The van der Waals surface area contributed by atoms with E-state index in [9.17, 15) is 4.79 Å². The van der Waals surface area contributed by atoms with Crippen LogP contribution in [0.1, 0.15) is 12.6 Å². The number of aromatic nitrogens is 4. The van der Waals surface area contributed by atoms with Crippen molar-refractivity contribution in [1.29, 1.82) is 0 Å². The number of hydrogen-bond acceptors (Lipinski definition) is 6. The summed E-state index contributed by atoms with van der Waals surface area (Å²) in [6.07, 6.45) is 2.37. The van der Waals surface area contributed by atoms with Gasteiger partial charge in [-0.2, -0.15) is 14.6 Å². The molecule has 1 aliphatic rings. The minimum Gasteiger partial charge on any atom is -0.375 e. The van der Waals surface area contributed by atoms with E-state index < -0.39 is 0 Å². The molecule has 0 N–H and O–H groups in total. The first-order valence-electron chi connectivity index (χ1n) is 7.44. The fraction of sp³-hybridized carbons (Fsp3) is 0.571. The molecule has 1 aliphatic heterocycles. The highest BCUT2D eigenvalue weighted by Gasteiger charge is 2.23. The molecule has 0 radical (unpaired) electrons. The number of aryl methyl sites for hydroxylation is 1. The Kier molecular flexibility index (Phi) is 4.19. The fourth-order valence-electron chi connectivity index (χ4n) is 2.65. The first kappa shape index (κ1) is 14.7. The van der Waals surface area contributed by atoms with E-state index in [2.05, 4.69) is 26.9 Å². The Bertz CT molecular complexity index is 662. The molecule has 8 heteroatoms. The number of hydrogen-bond donors (Lipinski definition) is 0. The minimum absolute atomic E-state index is 0.0389. The summed E-state index contributed by atoms with van der Waals surface area (Å²) >= 11 is 0. The number of amides is 1. The van der Waals surface area contributed by atoms with E-state index in [0.717, 1.165) is 31.0 Å². The van der Waals surface area contributed by atoms with Crippen LogP contribution >= 0.6 is 0 Å². The second-order valence-corrected chi connectivity index (χ2v) is 5.23. The number of carbonyl (C=O) groups is 1. The largest absolute Gasteiger partial charge is 0.375 e. The Morgan fingerprint density at radius 3 is 2.77 bits per heavy atom. The topological polar surface area (TPSA) is 75.9 Å². The molecule has 3 heterocycles. The predicted molar refractivity (Wildman–Crippen MR) is 80.8 cm³/mol. The number of nitrogens with zero attached hydrogens (tertiary/aromatic N) is 6. The molecule has 2 aromatic rings. The summed E-state index contributed by atoms with van der Waals surface area (Å²) in [5.41, 5.74) is 0.994. The highest BCUT2D eigenvalue weighted by atomic mass is 16.5. The van der Waals surface area contributed by atoms with Gasteiger partial charge in [0.15, 0.2) is 0 Å². The minimum atomic E-state index is 0.0389. The molecular weight excluding hydrogens is 284 g/mol. The Labute approximate surface area is 128 Å². The van der Waals surface area contributed by atoms with Crippen molar-refractivity contribution in [3.8, 4) is 0 Å². The van der Waals surface area contributed by atoms with Gasteiger partial charge in [-0.25, -0.2) is 4.98 Å². The normalized spacial score (nSPS) is 15.5. The van der Waals surface area contributed by atoms with Crippen molar-refractivity contribution in [2.75, 3.05) is 44.8 Å². The van der Waals surface area contributed by atoms with Gasteiger partial charge in [0.2, 0.25) is 5.91 Å². The van der Waals surface area contributed by atoms with Crippen LogP contribution in [0.25, 0.3) is 5.78 Å². The summed E-state index contributed by atoms with van der Waals surface area (Å²) in [5, 5.41) is 4.25. The van der Waals surface area contributed by atoms with E-state index in [0.29, 0.717) is 18.9 Å². The van der Waals surface area contributed by atoms with Crippen molar-refractivity contribution in [2.45, 2.75) is 13.3 Å². The molecule has 1 amide bonds. The van der Waals surface area contributed by atoms with Crippen LogP contribution in [0.2, 0.25) is 0 Å². The maximum atomic E-state index is 11.9. The molecular formula is C14H20N6O2. The molecule has 0 atom stereocenters. The second-order valence-electron chi connectivity index (χ2n) is 5.23. The lowest BCUT2D eigenvalue weighted by molar-refractivity contribution is -0.135. The summed E-state index contributed by atoms with van der Waals surface area (Å²) in [7, 11) is 1.54. The van der Waals surface area contributed by atoms with Crippen LogP contribution in [-0.4, -0.2) is 70.3 Å². The molecule has 0 spiro atoms. The number of anilines is 1. The Morgan fingerprint density at radius 2 is 2.09 bits per heavy atom. The van der Waals surface area contributed by atoms with Crippen LogP contribution in [0.3, 0.4) is 0 Å². The van der Waals surface area contributed by atoms with Crippen LogP contribution in [0.15, 0.2) is 12.4 Å². The van der Waals surface area contributed by atoms with E-state index in [4.69, 9.17) is 4.74 Å². The standard InChI is InChI=1S/C14H20N6O2/c1-3-11-8-12(20-14(17-11)15-10-16-20)18-4-6-19(7-5-18)13(21)9-22-2/h8,10H,3-7,9H2,1-2H3. The second kappa shape index (κ2) is 6.27. The molecule has 0 saturated carbocycles. The lowest BCUT2D eigenvalue weighted by Gasteiger charge is -2.35. The summed E-state index contributed by atoms with van der Waals surface area (Å²) < 4.78 is 6.67. The highest BCUT2D eigenvalue weighted by Crippen LogP contribution is 2.18. The maximum Gasteiger partial charge on any atom is 0.254 e. The van der Waals surface area contributed by atoms with Gasteiger partial charge >= 0.3 is 0 Å². The third-order valence-corrected chi connectivity index (χ3v) is 3.87. The number of ether oxygens (including phenoxy) is 1. The van der Waals surface area contributed by atoms with Gasteiger partial charge < -0.3 is 14.5 Å². The number of fused-ring (bicyclic) bond motifs is 1. The lowest BCUT2D eigenvalue weighted by atomic mass is 10.2. The molecule has 0 aromatic carbocycles. The van der Waals surface area contributed by atoms with Gasteiger partial charge in [0, 0.05) is 45.0 Å². The molecule has 8 nitrogen and oxygen atoms in total. The summed E-state index contributed by atoms with van der Waals surface area (Å²) in [5.74, 6) is 1.64. The molecule has 0 unspecified atom stereocenters. The predicted octanol–water partition coefficient (Wildman–Crippen LogP) is -0.0183. The lowest BCUT2D eigenvalue weighted by Crippen LogP contribution is -2.50. The number of methoxy groups -OCH3 is 1. The van der Waals surface area contributed by atoms with E-state index in [1.807, 2.05) is 11.0 Å². The average Bonchev–Trinajstić information content (AvgIpc) is 3.02. The van der Waals surface area contributed by atoms with Gasteiger partial charge in [0.05, 0.1) is 0 Å². The zero-order valence-corrected chi connectivity index (χ0v) is 12.9. The van der Waals surface area contributed by atoms with Crippen LogP contribution in [0.5, 0.6) is 0 Å². The Balaban J connectivity index is 1.79. The molecule has 3 rings (SSSR count). The molecule has 22 heavy (non-hydrogen) atoms. The Hall–Kier alpha value is -2.22. The van der Waals surface area contributed by atoms with Gasteiger partial charge in [-0.1, -0.05) is 6.92 Å². The fourth-order valence-corrected chi connectivity index (χ4v) is 2.65. The molecule has 1 saturated heterocycles. The van der Waals surface area contributed by atoms with Gasteiger partial charge in [-0.05, 0) is 6.42 Å². The Morgan fingerprint density at radius 1 is 1.32 bits per heavy atom. The van der Waals surface area contributed by atoms with Crippen molar-refractivity contribution in [2.24, 2.45) is 0 Å². The van der Waals surface area contributed by atoms with Crippen molar-refractivity contribution >= 4 is 17.5 Å².